The van der Waals surface area contributed by atoms with Crippen LogP contribution >= 0.6 is 23.1 Å². The van der Waals surface area contributed by atoms with Crippen LogP contribution in [-0.2, 0) is 22.9 Å². The van der Waals surface area contributed by atoms with Crippen LogP contribution in [0.15, 0.2) is 46.8 Å². The summed E-state index contributed by atoms with van der Waals surface area (Å²) in [5, 5.41) is 12.5. The summed E-state index contributed by atoms with van der Waals surface area (Å²) < 4.78 is 25.4. The molecule has 0 saturated heterocycles. The molecule has 0 aliphatic rings. The quantitative estimate of drug-likeness (QED) is 0.307. The minimum absolute atomic E-state index is 0.00712. The van der Waals surface area contributed by atoms with Crippen molar-refractivity contribution in [3.05, 3.63) is 64.7 Å². The van der Waals surface area contributed by atoms with E-state index in [1.165, 1.54) is 28.7 Å². The Hall–Kier alpha value is -2.27. The van der Waals surface area contributed by atoms with Gasteiger partial charge in [0.05, 0.1) is 12.0 Å². The van der Waals surface area contributed by atoms with Gasteiger partial charge in [0.25, 0.3) is 0 Å². The van der Waals surface area contributed by atoms with Crippen molar-refractivity contribution < 1.29 is 13.2 Å². The smallest absolute Gasteiger partial charge is 0.210 e. The van der Waals surface area contributed by atoms with E-state index in [4.69, 9.17) is 0 Å². The first-order valence-electron chi connectivity index (χ1n) is 10.1. The van der Waals surface area contributed by atoms with E-state index < -0.39 is 10.0 Å². The summed E-state index contributed by atoms with van der Waals surface area (Å²) in [5.74, 6) is 0.279. The topological polar surface area (TPSA) is 101 Å². The first kappa shape index (κ1) is 24.4. The van der Waals surface area contributed by atoms with Crippen molar-refractivity contribution in [2.24, 2.45) is 0 Å². The van der Waals surface area contributed by atoms with Crippen molar-refractivity contribution in [1.29, 1.82) is 0 Å². The summed E-state index contributed by atoms with van der Waals surface area (Å²) in [6, 6.07) is 13.4. The van der Waals surface area contributed by atoms with Gasteiger partial charge < -0.3 is 5.32 Å². The molecule has 1 heterocycles. The van der Waals surface area contributed by atoms with E-state index in [0.29, 0.717) is 23.7 Å². The zero-order chi connectivity index (χ0) is 23.1. The number of rotatable bonds is 11. The van der Waals surface area contributed by atoms with E-state index >= 15 is 0 Å². The van der Waals surface area contributed by atoms with Gasteiger partial charge in [-0.3, -0.25) is 4.79 Å². The van der Waals surface area contributed by atoms with Crippen molar-refractivity contribution in [2.75, 3.05) is 23.9 Å². The largest absolute Gasteiger partial charge is 0.330 e. The lowest BCUT2D eigenvalue weighted by molar-refractivity contribution is 0.102. The van der Waals surface area contributed by atoms with Gasteiger partial charge in [0, 0.05) is 17.8 Å². The first-order valence-corrected chi connectivity index (χ1v) is 13.8. The van der Waals surface area contributed by atoms with Crippen LogP contribution in [0.4, 0.5) is 10.8 Å². The van der Waals surface area contributed by atoms with E-state index in [0.717, 1.165) is 33.8 Å². The Bertz CT molecular complexity index is 1180. The Morgan fingerprint density at radius 2 is 1.88 bits per heavy atom. The first-order chi connectivity index (χ1) is 15.2. The molecule has 32 heavy (non-hydrogen) atoms. The third-order valence-electron chi connectivity index (χ3n) is 4.76. The second-order valence-electron chi connectivity index (χ2n) is 7.29. The summed E-state index contributed by atoms with van der Waals surface area (Å²) in [7, 11) is -3.19. The van der Waals surface area contributed by atoms with E-state index in [9.17, 15) is 13.2 Å². The van der Waals surface area contributed by atoms with Crippen LogP contribution < -0.4 is 10.0 Å². The third-order valence-corrected chi connectivity index (χ3v) is 7.46. The van der Waals surface area contributed by atoms with Crippen LogP contribution in [0.25, 0.3) is 0 Å². The molecule has 0 unspecified atom stereocenters. The molecule has 10 heteroatoms. The van der Waals surface area contributed by atoms with Crippen molar-refractivity contribution in [1.82, 2.24) is 14.9 Å². The Morgan fingerprint density at radius 3 is 2.56 bits per heavy atom. The normalized spacial score (nSPS) is 11.5. The summed E-state index contributed by atoms with van der Waals surface area (Å²) in [5.41, 5.74) is 5.02. The number of hydrogen-bond acceptors (Lipinski definition) is 8. The number of thioether (sulfide) groups is 1. The molecule has 3 rings (SSSR count). The van der Waals surface area contributed by atoms with E-state index in [-0.39, 0.29) is 11.5 Å². The Labute approximate surface area is 197 Å². The summed E-state index contributed by atoms with van der Waals surface area (Å²) in [6.07, 6.45) is 2.62. The Kier molecular flexibility index (Phi) is 8.41. The number of ketones is 1. The maximum atomic E-state index is 12.5. The highest BCUT2D eigenvalue weighted by Crippen LogP contribution is 2.31. The van der Waals surface area contributed by atoms with E-state index in [1.807, 2.05) is 18.2 Å². The molecule has 0 aliphatic carbocycles. The molecule has 1 aromatic heterocycles. The number of sulfonamides is 1. The number of hydrogen-bond donors (Lipinski definition) is 2. The highest BCUT2D eigenvalue weighted by Gasteiger charge is 2.12. The van der Waals surface area contributed by atoms with Gasteiger partial charge in [-0.05, 0) is 36.5 Å². The molecular weight excluding hydrogens is 464 g/mol. The molecule has 2 aromatic carbocycles. The van der Waals surface area contributed by atoms with Crippen LogP contribution in [0.2, 0.25) is 0 Å². The molecule has 3 aromatic rings. The number of carbonyl (C=O) groups is 1. The number of nitrogens with zero attached hydrogens (tertiary/aromatic N) is 2. The SMILES string of the molecule is CCc1cccc(C)c1Nc1nnc(SCC(=O)c2ccc(CCNS(C)(=O)=O)cc2)s1. The van der Waals surface area contributed by atoms with Gasteiger partial charge in [-0.1, -0.05) is 72.5 Å². The third kappa shape index (κ3) is 7.13. The molecule has 2 N–H and O–H groups in total. The standard InChI is InChI=1S/C22H26N4O3S3/c1-4-17-7-5-6-15(2)20(17)24-21-25-26-22(31-21)30-14-19(27)18-10-8-16(9-11-18)12-13-23-32(3,28)29/h5-11,23H,4,12-14H2,1-3H3,(H,24,25). The highest BCUT2D eigenvalue weighted by molar-refractivity contribution is 8.01. The molecule has 7 nitrogen and oxygen atoms in total. The molecule has 0 aliphatic heterocycles. The molecule has 0 saturated carbocycles. The summed E-state index contributed by atoms with van der Waals surface area (Å²) in [6.45, 7) is 4.51. The van der Waals surface area contributed by atoms with Gasteiger partial charge in [-0.15, -0.1) is 10.2 Å². The van der Waals surface area contributed by atoms with Crippen molar-refractivity contribution in [2.45, 2.75) is 31.0 Å². The number of para-hydroxylation sites is 1. The number of benzene rings is 2. The molecular formula is C22H26N4O3S3. The fourth-order valence-electron chi connectivity index (χ4n) is 3.08. The number of aryl methyl sites for hydroxylation is 2. The second kappa shape index (κ2) is 11.0. The average Bonchev–Trinajstić information content (AvgIpc) is 3.20. The fourth-order valence-corrected chi connectivity index (χ4v) is 5.20. The number of nitrogens with one attached hydrogen (secondary N) is 2. The minimum atomic E-state index is -3.19. The summed E-state index contributed by atoms with van der Waals surface area (Å²) in [4.78, 5) is 12.5. The van der Waals surface area contributed by atoms with Crippen LogP contribution in [0, 0.1) is 6.92 Å². The molecule has 0 atom stereocenters. The lowest BCUT2D eigenvalue weighted by Gasteiger charge is -2.11. The number of anilines is 2. The summed E-state index contributed by atoms with van der Waals surface area (Å²) >= 11 is 2.80. The van der Waals surface area contributed by atoms with Crippen LogP contribution in [0.5, 0.6) is 0 Å². The van der Waals surface area contributed by atoms with Gasteiger partial charge in [-0.25, -0.2) is 13.1 Å². The molecule has 0 bridgehead atoms. The van der Waals surface area contributed by atoms with E-state index in [1.54, 1.807) is 12.1 Å². The van der Waals surface area contributed by atoms with Crippen molar-refractivity contribution >= 4 is 49.7 Å². The van der Waals surface area contributed by atoms with Gasteiger partial charge in [0.2, 0.25) is 15.2 Å². The highest BCUT2D eigenvalue weighted by atomic mass is 32.2. The fraction of sp³-hybridized carbons (Fsp3) is 0.318. The number of carbonyl (C=O) groups excluding carboxylic acids is 1. The molecule has 170 valence electrons. The maximum Gasteiger partial charge on any atom is 0.210 e. The predicted octanol–water partition coefficient (Wildman–Crippen LogP) is 4.22. The average molecular weight is 491 g/mol. The zero-order valence-corrected chi connectivity index (χ0v) is 20.7. The lowest BCUT2D eigenvalue weighted by Crippen LogP contribution is -2.24. The van der Waals surface area contributed by atoms with Gasteiger partial charge in [0.15, 0.2) is 10.1 Å². The molecule has 0 radical (unpaired) electrons. The second-order valence-corrected chi connectivity index (χ2v) is 11.3. The molecule has 0 amide bonds. The van der Waals surface area contributed by atoms with E-state index in [2.05, 4.69) is 46.2 Å². The van der Waals surface area contributed by atoms with Gasteiger partial charge in [-0.2, -0.15) is 0 Å². The van der Waals surface area contributed by atoms with Crippen molar-refractivity contribution in [3.63, 3.8) is 0 Å². The maximum absolute atomic E-state index is 12.5. The lowest BCUT2D eigenvalue weighted by atomic mass is 10.1. The Balaban J connectivity index is 1.53. The van der Waals surface area contributed by atoms with Crippen LogP contribution in [0.3, 0.4) is 0 Å². The zero-order valence-electron chi connectivity index (χ0n) is 18.2. The Morgan fingerprint density at radius 1 is 1.12 bits per heavy atom. The predicted molar refractivity (Wildman–Crippen MR) is 132 cm³/mol. The molecule has 0 spiro atoms. The molecule has 0 fully saturated rings. The number of aromatic nitrogens is 2. The van der Waals surface area contributed by atoms with Crippen LogP contribution in [-0.4, -0.2) is 43.0 Å². The monoisotopic (exact) mass is 490 g/mol. The van der Waals surface area contributed by atoms with Gasteiger partial charge in [0.1, 0.15) is 0 Å². The van der Waals surface area contributed by atoms with Crippen molar-refractivity contribution in [3.8, 4) is 0 Å². The minimum Gasteiger partial charge on any atom is -0.330 e. The number of Topliss-reactive ketones (excluding diaryl/α,β-unsaturated/α-hetero) is 1. The van der Waals surface area contributed by atoms with Gasteiger partial charge >= 0.3 is 0 Å². The van der Waals surface area contributed by atoms with Crippen LogP contribution in [0.1, 0.15) is 34.0 Å².